The van der Waals surface area contributed by atoms with Crippen molar-refractivity contribution in [1.82, 2.24) is 9.88 Å². The molecule has 0 aliphatic carbocycles. The van der Waals surface area contributed by atoms with Crippen LogP contribution in [0.2, 0.25) is 0 Å². The van der Waals surface area contributed by atoms with Gasteiger partial charge in [0.05, 0.1) is 0 Å². The molecular weight excluding hydrogens is 328 g/mol. The van der Waals surface area contributed by atoms with Crippen molar-refractivity contribution in [3.63, 3.8) is 0 Å². The number of hydrogen-bond acceptors (Lipinski definition) is 4. The molecular formula is C16H18N4O3S. The number of carbonyl (C=O) groups excluding carboxylic acids is 2. The first kappa shape index (κ1) is 16.3. The summed E-state index contributed by atoms with van der Waals surface area (Å²) < 4.78 is 1.60. The Morgan fingerprint density at radius 1 is 1.29 bits per heavy atom. The standard InChI is InChI=1S/C16H18N4O3S/c1-11-10-24-16(23)19(11)8-6-14(21)18-12-2-4-13(5-3-12)20-9-7-17-15(20)22/h2-5,10H,6-9H2,1H3,(H,17,22)(H,18,21). The van der Waals surface area contributed by atoms with Crippen LogP contribution >= 0.6 is 11.3 Å². The molecule has 1 aromatic heterocycles. The number of aromatic nitrogens is 1. The number of urea groups is 1. The molecule has 7 nitrogen and oxygen atoms in total. The van der Waals surface area contributed by atoms with Gasteiger partial charge in [-0.05, 0) is 31.2 Å². The summed E-state index contributed by atoms with van der Waals surface area (Å²) in [4.78, 5) is 36.8. The van der Waals surface area contributed by atoms with Crippen molar-refractivity contribution >= 4 is 34.6 Å². The third-order valence-corrected chi connectivity index (χ3v) is 4.74. The molecule has 1 fully saturated rings. The number of thiazole rings is 1. The number of rotatable bonds is 5. The molecule has 8 heteroatoms. The number of hydrogen-bond donors (Lipinski definition) is 2. The zero-order valence-corrected chi connectivity index (χ0v) is 14.1. The maximum atomic E-state index is 12.0. The third kappa shape index (κ3) is 3.48. The lowest BCUT2D eigenvalue weighted by Gasteiger charge is -2.14. The number of anilines is 2. The Labute approximate surface area is 142 Å². The summed E-state index contributed by atoms with van der Waals surface area (Å²) in [5.41, 5.74) is 2.33. The third-order valence-electron chi connectivity index (χ3n) is 3.86. The van der Waals surface area contributed by atoms with E-state index in [0.29, 0.717) is 25.3 Å². The highest BCUT2D eigenvalue weighted by atomic mass is 32.1. The van der Waals surface area contributed by atoms with Gasteiger partial charge in [0.1, 0.15) is 0 Å². The minimum absolute atomic E-state index is 0.0476. The number of nitrogens with one attached hydrogen (secondary N) is 2. The molecule has 0 saturated carbocycles. The highest BCUT2D eigenvalue weighted by Crippen LogP contribution is 2.19. The smallest absolute Gasteiger partial charge is 0.321 e. The monoisotopic (exact) mass is 346 g/mol. The molecule has 0 atom stereocenters. The van der Waals surface area contributed by atoms with E-state index in [2.05, 4.69) is 10.6 Å². The van der Waals surface area contributed by atoms with Gasteiger partial charge in [0.25, 0.3) is 0 Å². The van der Waals surface area contributed by atoms with Crippen molar-refractivity contribution < 1.29 is 9.59 Å². The lowest BCUT2D eigenvalue weighted by Crippen LogP contribution is -2.27. The van der Waals surface area contributed by atoms with E-state index < -0.39 is 0 Å². The summed E-state index contributed by atoms with van der Waals surface area (Å²) in [6, 6.07) is 7.02. The molecule has 1 aliphatic heterocycles. The minimum atomic E-state index is -0.154. The van der Waals surface area contributed by atoms with Gasteiger partial charge in [0.2, 0.25) is 5.91 Å². The molecule has 0 bridgehead atoms. The number of benzene rings is 1. The lowest BCUT2D eigenvalue weighted by atomic mass is 10.2. The second-order valence-corrected chi connectivity index (χ2v) is 6.34. The van der Waals surface area contributed by atoms with Gasteiger partial charge in [-0.3, -0.25) is 14.5 Å². The summed E-state index contributed by atoms with van der Waals surface area (Å²) in [7, 11) is 0. The summed E-state index contributed by atoms with van der Waals surface area (Å²) >= 11 is 1.14. The van der Waals surface area contributed by atoms with Gasteiger partial charge in [0, 0.05) is 48.5 Å². The fraction of sp³-hybridized carbons (Fsp3) is 0.312. The molecule has 2 N–H and O–H groups in total. The van der Waals surface area contributed by atoms with E-state index in [9.17, 15) is 14.4 Å². The summed E-state index contributed by atoms with van der Waals surface area (Å²) in [6.45, 7) is 3.49. The van der Waals surface area contributed by atoms with Gasteiger partial charge in [-0.1, -0.05) is 11.3 Å². The molecule has 24 heavy (non-hydrogen) atoms. The normalized spacial score (nSPS) is 13.9. The maximum absolute atomic E-state index is 12.0. The first-order valence-corrected chi connectivity index (χ1v) is 8.53. The summed E-state index contributed by atoms with van der Waals surface area (Å²) in [6.07, 6.45) is 0.230. The molecule has 126 valence electrons. The minimum Gasteiger partial charge on any atom is -0.336 e. The van der Waals surface area contributed by atoms with Crippen LogP contribution in [0.4, 0.5) is 16.2 Å². The van der Waals surface area contributed by atoms with Crippen LogP contribution in [0.15, 0.2) is 34.4 Å². The quantitative estimate of drug-likeness (QED) is 0.865. The number of nitrogens with zero attached hydrogens (tertiary/aromatic N) is 2. The van der Waals surface area contributed by atoms with E-state index >= 15 is 0 Å². The molecule has 0 spiro atoms. The van der Waals surface area contributed by atoms with Crippen LogP contribution in [0.3, 0.4) is 0 Å². The van der Waals surface area contributed by atoms with Crippen LogP contribution in [0.5, 0.6) is 0 Å². The van der Waals surface area contributed by atoms with Crippen LogP contribution in [-0.4, -0.2) is 29.6 Å². The van der Waals surface area contributed by atoms with Crippen molar-refractivity contribution in [1.29, 1.82) is 0 Å². The van der Waals surface area contributed by atoms with Gasteiger partial charge in [-0.2, -0.15) is 0 Å². The zero-order chi connectivity index (χ0) is 17.1. The van der Waals surface area contributed by atoms with Crippen LogP contribution in [0.25, 0.3) is 0 Å². The van der Waals surface area contributed by atoms with Gasteiger partial charge >= 0.3 is 10.9 Å². The predicted octanol–water partition coefficient (Wildman–Crippen LogP) is 1.78. The first-order chi connectivity index (χ1) is 11.5. The molecule has 1 aromatic carbocycles. The van der Waals surface area contributed by atoms with Gasteiger partial charge in [0.15, 0.2) is 0 Å². The highest BCUT2D eigenvalue weighted by Gasteiger charge is 2.20. The molecule has 1 saturated heterocycles. The van der Waals surface area contributed by atoms with E-state index in [1.54, 1.807) is 39.1 Å². The zero-order valence-electron chi connectivity index (χ0n) is 13.2. The average molecular weight is 346 g/mol. The molecule has 3 amide bonds. The Kier molecular flexibility index (Phi) is 4.66. The van der Waals surface area contributed by atoms with Crippen molar-refractivity contribution in [2.75, 3.05) is 23.3 Å². The van der Waals surface area contributed by atoms with Crippen molar-refractivity contribution in [3.05, 3.63) is 45.0 Å². The fourth-order valence-corrected chi connectivity index (χ4v) is 3.32. The van der Waals surface area contributed by atoms with E-state index in [1.165, 1.54) is 0 Å². The Morgan fingerprint density at radius 3 is 2.62 bits per heavy atom. The second kappa shape index (κ2) is 6.88. The topological polar surface area (TPSA) is 83.4 Å². The largest absolute Gasteiger partial charge is 0.336 e. The molecule has 3 rings (SSSR count). The molecule has 2 heterocycles. The molecule has 2 aromatic rings. The van der Waals surface area contributed by atoms with Crippen molar-refractivity contribution in [2.24, 2.45) is 0 Å². The van der Waals surface area contributed by atoms with Crippen molar-refractivity contribution in [3.8, 4) is 0 Å². The Morgan fingerprint density at radius 2 is 2.04 bits per heavy atom. The Hall–Kier alpha value is -2.61. The van der Waals surface area contributed by atoms with Crippen LogP contribution in [0.1, 0.15) is 12.1 Å². The van der Waals surface area contributed by atoms with Crippen LogP contribution in [0, 0.1) is 6.92 Å². The summed E-state index contributed by atoms with van der Waals surface area (Å²) in [5.74, 6) is -0.154. The van der Waals surface area contributed by atoms with E-state index in [1.807, 2.05) is 6.92 Å². The first-order valence-electron chi connectivity index (χ1n) is 7.65. The number of aryl methyl sites for hydroxylation is 1. The van der Waals surface area contributed by atoms with E-state index in [-0.39, 0.29) is 23.2 Å². The van der Waals surface area contributed by atoms with E-state index in [4.69, 9.17) is 0 Å². The van der Waals surface area contributed by atoms with E-state index in [0.717, 1.165) is 22.7 Å². The van der Waals surface area contributed by atoms with Crippen LogP contribution in [-0.2, 0) is 11.3 Å². The highest BCUT2D eigenvalue weighted by molar-refractivity contribution is 7.07. The fourth-order valence-electron chi connectivity index (χ4n) is 2.55. The summed E-state index contributed by atoms with van der Waals surface area (Å²) in [5, 5.41) is 7.33. The Balaban J connectivity index is 1.56. The van der Waals surface area contributed by atoms with Gasteiger partial charge in [-0.15, -0.1) is 0 Å². The molecule has 1 aliphatic rings. The maximum Gasteiger partial charge on any atom is 0.321 e. The lowest BCUT2D eigenvalue weighted by molar-refractivity contribution is -0.116. The Bertz CT molecular complexity index is 809. The SMILES string of the molecule is Cc1csc(=O)n1CCC(=O)Nc1ccc(N2CCNC2=O)cc1. The number of amides is 3. The van der Waals surface area contributed by atoms with Crippen LogP contribution < -0.4 is 20.4 Å². The second-order valence-electron chi connectivity index (χ2n) is 5.52. The predicted molar refractivity (Wildman–Crippen MR) is 93.7 cm³/mol. The molecule has 0 unspecified atom stereocenters. The van der Waals surface area contributed by atoms with Gasteiger partial charge < -0.3 is 15.2 Å². The number of carbonyl (C=O) groups is 2. The average Bonchev–Trinajstić information content (AvgIpc) is 3.12. The van der Waals surface area contributed by atoms with Crippen molar-refractivity contribution in [2.45, 2.75) is 19.9 Å². The van der Waals surface area contributed by atoms with Gasteiger partial charge in [-0.25, -0.2) is 4.79 Å². The molecule has 0 radical (unpaired) electrons.